The van der Waals surface area contributed by atoms with Crippen LogP contribution in [0.3, 0.4) is 0 Å². The zero-order valence-corrected chi connectivity index (χ0v) is 15.8. The second kappa shape index (κ2) is 6.54. The Balaban J connectivity index is 1.84. The number of nitrogens with zero attached hydrogens (tertiary/aromatic N) is 1. The summed E-state index contributed by atoms with van der Waals surface area (Å²) in [7, 11) is -2.02. The number of ether oxygens (including phenoxy) is 1. The molecule has 2 aromatic rings. The molecule has 1 aromatic carbocycles. The van der Waals surface area contributed by atoms with Gasteiger partial charge in [0, 0.05) is 18.3 Å². The van der Waals surface area contributed by atoms with E-state index in [1.807, 2.05) is 0 Å². The lowest BCUT2D eigenvalue weighted by atomic mass is 10.1. The van der Waals surface area contributed by atoms with E-state index in [-0.39, 0.29) is 46.2 Å². The zero-order valence-electron chi connectivity index (χ0n) is 15.0. The summed E-state index contributed by atoms with van der Waals surface area (Å²) in [6, 6.07) is 0.132. The van der Waals surface area contributed by atoms with E-state index in [2.05, 4.69) is 5.32 Å². The number of halogens is 2. The SMILES string of the molecule is COc1c(F)c(F)cc2c(=O)c(C(=O)N[C@H]3CCS(=O)(=O)C3)cn(C3CC3)c12. The summed E-state index contributed by atoms with van der Waals surface area (Å²) in [6.45, 7) is 0. The lowest BCUT2D eigenvalue weighted by molar-refractivity contribution is 0.0939. The Hall–Kier alpha value is -2.49. The lowest BCUT2D eigenvalue weighted by Gasteiger charge is -2.17. The van der Waals surface area contributed by atoms with Crippen LogP contribution in [-0.2, 0) is 9.84 Å². The highest BCUT2D eigenvalue weighted by atomic mass is 32.2. The number of aromatic nitrogens is 1. The molecule has 2 aliphatic rings. The molecule has 0 radical (unpaired) electrons. The van der Waals surface area contributed by atoms with Crippen LogP contribution in [0.2, 0.25) is 0 Å². The van der Waals surface area contributed by atoms with Gasteiger partial charge < -0.3 is 14.6 Å². The number of fused-ring (bicyclic) bond motifs is 1. The molecule has 1 saturated carbocycles. The summed E-state index contributed by atoms with van der Waals surface area (Å²) < 4.78 is 57.9. The number of carbonyl (C=O) groups is 1. The number of hydrogen-bond acceptors (Lipinski definition) is 5. The van der Waals surface area contributed by atoms with Crippen LogP contribution in [0, 0.1) is 11.6 Å². The van der Waals surface area contributed by atoms with E-state index < -0.39 is 38.8 Å². The predicted octanol–water partition coefficient (Wildman–Crippen LogP) is 1.54. The smallest absolute Gasteiger partial charge is 0.257 e. The Morgan fingerprint density at radius 3 is 2.57 bits per heavy atom. The summed E-state index contributed by atoms with van der Waals surface area (Å²) in [5.41, 5.74) is -0.895. The van der Waals surface area contributed by atoms with Gasteiger partial charge in [0.1, 0.15) is 5.56 Å². The average Bonchev–Trinajstić information content (AvgIpc) is 3.41. The third kappa shape index (κ3) is 3.15. The molecule has 2 heterocycles. The van der Waals surface area contributed by atoms with E-state index in [0.717, 1.165) is 18.9 Å². The van der Waals surface area contributed by atoms with Gasteiger partial charge in [0.15, 0.2) is 21.4 Å². The minimum absolute atomic E-state index is 0.0241. The van der Waals surface area contributed by atoms with Crippen molar-refractivity contribution in [3.8, 4) is 5.75 Å². The average molecular weight is 412 g/mol. The van der Waals surface area contributed by atoms with Crippen molar-refractivity contribution in [3.05, 3.63) is 39.7 Å². The van der Waals surface area contributed by atoms with Crippen LogP contribution in [0.15, 0.2) is 17.1 Å². The highest BCUT2D eigenvalue weighted by molar-refractivity contribution is 7.91. The monoisotopic (exact) mass is 412 g/mol. The number of carbonyl (C=O) groups excluding carboxylic acids is 1. The van der Waals surface area contributed by atoms with Gasteiger partial charge in [-0.2, -0.15) is 4.39 Å². The van der Waals surface area contributed by atoms with E-state index in [1.165, 1.54) is 13.3 Å². The van der Waals surface area contributed by atoms with E-state index in [9.17, 15) is 26.8 Å². The van der Waals surface area contributed by atoms with Gasteiger partial charge in [-0.15, -0.1) is 0 Å². The fourth-order valence-electron chi connectivity index (χ4n) is 3.59. The number of amides is 1. The summed E-state index contributed by atoms with van der Waals surface area (Å²) in [5.74, 6) is -3.76. The molecule has 1 aliphatic carbocycles. The molecule has 2 fully saturated rings. The van der Waals surface area contributed by atoms with Crippen molar-refractivity contribution in [3.63, 3.8) is 0 Å². The first-order valence-electron chi connectivity index (χ1n) is 8.84. The zero-order chi connectivity index (χ0) is 20.2. The summed E-state index contributed by atoms with van der Waals surface area (Å²) in [6.07, 6.45) is 3.12. The molecule has 1 aliphatic heterocycles. The third-order valence-corrected chi connectivity index (χ3v) is 6.89. The van der Waals surface area contributed by atoms with Gasteiger partial charge in [-0.25, -0.2) is 12.8 Å². The Bertz CT molecular complexity index is 1160. The standard InChI is InChI=1S/C18H18F2N2O5S/c1-27-17-14(20)13(19)6-11-15(17)22(10-2-3-10)7-12(16(11)23)18(24)21-9-4-5-28(25,26)8-9/h6-7,9-10H,2-5,8H2,1H3,(H,21,24)/t9-/m0/s1. The number of hydrogen-bond donors (Lipinski definition) is 1. The molecule has 10 heteroatoms. The first-order chi connectivity index (χ1) is 13.2. The molecule has 1 aromatic heterocycles. The highest BCUT2D eigenvalue weighted by Gasteiger charge is 2.32. The lowest BCUT2D eigenvalue weighted by Crippen LogP contribution is -2.38. The summed E-state index contributed by atoms with van der Waals surface area (Å²) in [4.78, 5) is 25.5. The molecular weight excluding hydrogens is 394 g/mol. The van der Waals surface area contributed by atoms with Gasteiger partial charge in [-0.05, 0) is 25.3 Å². The van der Waals surface area contributed by atoms with Crippen molar-refractivity contribution in [1.82, 2.24) is 9.88 Å². The van der Waals surface area contributed by atoms with Crippen LogP contribution in [-0.4, -0.2) is 43.5 Å². The minimum atomic E-state index is -3.20. The van der Waals surface area contributed by atoms with E-state index in [1.54, 1.807) is 4.57 Å². The minimum Gasteiger partial charge on any atom is -0.491 e. The van der Waals surface area contributed by atoms with Crippen molar-refractivity contribution in [1.29, 1.82) is 0 Å². The number of rotatable bonds is 4. The Morgan fingerprint density at radius 1 is 1.29 bits per heavy atom. The van der Waals surface area contributed by atoms with Gasteiger partial charge in [-0.3, -0.25) is 9.59 Å². The second-order valence-corrected chi connectivity index (χ2v) is 9.41. The van der Waals surface area contributed by atoms with Crippen LogP contribution < -0.4 is 15.5 Å². The molecular formula is C18H18F2N2O5S. The molecule has 1 saturated heterocycles. The highest BCUT2D eigenvalue weighted by Crippen LogP contribution is 2.40. The number of nitrogens with one attached hydrogen (secondary N) is 1. The van der Waals surface area contributed by atoms with Crippen molar-refractivity contribution >= 4 is 26.6 Å². The number of sulfone groups is 1. The fraction of sp³-hybridized carbons (Fsp3) is 0.444. The number of benzene rings is 1. The number of methoxy groups -OCH3 is 1. The maximum atomic E-state index is 14.2. The van der Waals surface area contributed by atoms with Gasteiger partial charge >= 0.3 is 0 Å². The maximum absolute atomic E-state index is 14.2. The molecule has 0 spiro atoms. The van der Waals surface area contributed by atoms with Gasteiger partial charge in [-0.1, -0.05) is 0 Å². The maximum Gasteiger partial charge on any atom is 0.257 e. The van der Waals surface area contributed by atoms with E-state index >= 15 is 0 Å². The molecule has 28 heavy (non-hydrogen) atoms. The first kappa shape index (κ1) is 18.9. The number of pyridine rings is 1. The molecule has 1 amide bonds. The van der Waals surface area contributed by atoms with Gasteiger partial charge in [0.25, 0.3) is 5.91 Å². The largest absolute Gasteiger partial charge is 0.491 e. The first-order valence-corrected chi connectivity index (χ1v) is 10.7. The second-order valence-electron chi connectivity index (χ2n) is 7.19. The van der Waals surface area contributed by atoms with Gasteiger partial charge in [0.05, 0.1) is 29.5 Å². The molecule has 150 valence electrons. The van der Waals surface area contributed by atoms with Crippen molar-refractivity contribution in [2.45, 2.75) is 31.3 Å². The van der Waals surface area contributed by atoms with Crippen molar-refractivity contribution in [2.75, 3.05) is 18.6 Å². The molecule has 1 atom stereocenters. The molecule has 0 bridgehead atoms. The topological polar surface area (TPSA) is 94.5 Å². The Kier molecular flexibility index (Phi) is 4.40. The van der Waals surface area contributed by atoms with Crippen LogP contribution in [0.4, 0.5) is 8.78 Å². The fourth-order valence-corrected chi connectivity index (χ4v) is 5.26. The van der Waals surface area contributed by atoms with Crippen LogP contribution in [0.5, 0.6) is 5.75 Å². The molecule has 7 nitrogen and oxygen atoms in total. The Labute approximate surface area is 159 Å². The van der Waals surface area contributed by atoms with E-state index in [4.69, 9.17) is 4.74 Å². The van der Waals surface area contributed by atoms with Gasteiger partial charge in [0.2, 0.25) is 11.2 Å². The van der Waals surface area contributed by atoms with Crippen molar-refractivity contribution < 1.29 is 26.7 Å². The molecule has 1 N–H and O–H groups in total. The van der Waals surface area contributed by atoms with E-state index in [0.29, 0.717) is 0 Å². The predicted molar refractivity (Wildman–Crippen MR) is 97.5 cm³/mol. The third-order valence-electron chi connectivity index (χ3n) is 5.12. The van der Waals surface area contributed by atoms with Crippen molar-refractivity contribution in [2.24, 2.45) is 0 Å². The van der Waals surface area contributed by atoms with Crippen LogP contribution in [0.1, 0.15) is 35.7 Å². The van der Waals surface area contributed by atoms with Crippen LogP contribution >= 0.6 is 0 Å². The molecule has 0 unspecified atom stereocenters. The Morgan fingerprint density at radius 2 is 2.00 bits per heavy atom. The van der Waals surface area contributed by atoms with Crippen LogP contribution in [0.25, 0.3) is 10.9 Å². The quantitative estimate of drug-likeness (QED) is 0.822. The molecule has 4 rings (SSSR count). The summed E-state index contributed by atoms with van der Waals surface area (Å²) in [5, 5.41) is 2.41. The summed E-state index contributed by atoms with van der Waals surface area (Å²) >= 11 is 0. The normalized spacial score (nSPS) is 21.0.